The van der Waals surface area contributed by atoms with Crippen molar-refractivity contribution in [3.63, 3.8) is 0 Å². The predicted octanol–water partition coefficient (Wildman–Crippen LogP) is 6.45. The molecule has 1 aliphatic rings. The molecule has 0 unspecified atom stereocenters. The summed E-state index contributed by atoms with van der Waals surface area (Å²) in [5.41, 5.74) is 4.85. The number of rotatable bonds is 1. The molecule has 0 bridgehead atoms. The molecule has 0 atom stereocenters. The summed E-state index contributed by atoms with van der Waals surface area (Å²) in [6, 6.07) is 4.92. The van der Waals surface area contributed by atoms with Crippen LogP contribution in [0.25, 0.3) is 0 Å². The average Bonchev–Trinajstić information content (AvgIpc) is 2.87. The van der Waals surface area contributed by atoms with Gasteiger partial charge in [-0.25, -0.2) is 0 Å². The highest BCUT2D eigenvalue weighted by Gasteiger charge is 2.28. The van der Waals surface area contributed by atoms with E-state index in [0.717, 1.165) is 0 Å². The molecule has 130 valence electrons. The van der Waals surface area contributed by atoms with Crippen LogP contribution in [0.15, 0.2) is 36.4 Å². The maximum Gasteiger partial charge on any atom is 0.00984 e. The predicted molar refractivity (Wildman–Crippen MR) is 112 cm³/mol. The Balaban J connectivity index is 2.86. The molecule has 1 aromatic carbocycles. The minimum atomic E-state index is 0.135. The standard InChI is InChI=1S/C23H33P/c1-21(2,3)16-14-18(22(4,5)6)20(19(15-16)23(7,8)9)24-17-12-10-11-13-17/h10-15H,1-9H3. The van der Waals surface area contributed by atoms with Crippen LogP contribution in [0.4, 0.5) is 0 Å². The Morgan fingerprint density at radius 3 is 1.38 bits per heavy atom. The lowest BCUT2D eigenvalue weighted by atomic mass is 9.75. The molecule has 0 aromatic heterocycles. The van der Waals surface area contributed by atoms with Gasteiger partial charge in [-0.15, -0.1) is 0 Å². The largest absolute Gasteiger partial charge is 0.0613 e. The highest BCUT2D eigenvalue weighted by molar-refractivity contribution is 7.50. The van der Waals surface area contributed by atoms with Crippen LogP contribution >= 0.6 is 8.20 Å². The minimum Gasteiger partial charge on any atom is -0.0613 e. The van der Waals surface area contributed by atoms with E-state index < -0.39 is 0 Å². The molecule has 0 saturated carbocycles. The van der Waals surface area contributed by atoms with Gasteiger partial charge in [0, 0.05) is 10.6 Å². The Labute approximate surface area is 150 Å². The molecule has 0 radical (unpaired) electrons. The first kappa shape index (κ1) is 19.2. The summed E-state index contributed by atoms with van der Waals surface area (Å²) in [5.74, 6) is 0. The number of benzene rings is 1. The summed E-state index contributed by atoms with van der Waals surface area (Å²) in [4.78, 5) is 0. The fourth-order valence-electron chi connectivity index (χ4n) is 2.90. The Bertz CT molecular complexity index is 659. The molecular weight excluding hydrogens is 307 g/mol. The molecule has 0 spiro atoms. The summed E-state index contributed by atoms with van der Waals surface area (Å²) < 4.78 is 0. The SMILES string of the molecule is CC(C)(C)c1cc(C(C)(C)C)c(P=C2C=CC=C2)c(C(C)(C)C)c1. The zero-order chi connectivity index (χ0) is 18.3. The fraction of sp³-hybridized carbons (Fsp3) is 0.522. The molecule has 0 nitrogen and oxygen atoms in total. The van der Waals surface area contributed by atoms with Crippen molar-refractivity contribution in [3.8, 4) is 0 Å². The van der Waals surface area contributed by atoms with Gasteiger partial charge in [-0.3, -0.25) is 0 Å². The average molecular weight is 340 g/mol. The third kappa shape index (κ3) is 4.28. The van der Waals surface area contributed by atoms with E-state index >= 15 is 0 Å². The van der Waals surface area contributed by atoms with Crippen LogP contribution in [0.1, 0.15) is 79.0 Å². The van der Waals surface area contributed by atoms with Crippen molar-refractivity contribution >= 4 is 18.8 Å². The van der Waals surface area contributed by atoms with Crippen LogP contribution in [-0.2, 0) is 16.2 Å². The summed E-state index contributed by atoms with van der Waals surface area (Å²) >= 11 is 0. The fourth-order valence-corrected chi connectivity index (χ4v) is 4.52. The quantitative estimate of drug-likeness (QED) is 0.515. The molecule has 1 aliphatic carbocycles. The second kappa shape index (κ2) is 6.30. The molecule has 0 saturated heterocycles. The Morgan fingerprint density at radius 2 is 1.04 bits per heavy atom. The number of allylic oxidation sites excluding steroid dienone is 4. The van der Waals surface area contributed by atoms with Crippen molar-refractivity contribution in [2.75, 3.05) is 0 Å². The minimum absolute atomic E-state index is 0.135. The third-order valence-corrected chi connectivity index (χ3v) is 5.74. The molecule has 1 aromatic rings. The zero-order valence-corrected chi connectivity index (χ0v) is 17.8. The van der Waals surface area contributed by atoms with Gasteiger partial charge in [-0.1, -0.05) is 107 Å². The lowest BCUT2D eigenvalue weighted by Crippen LogP contribution is -2.30. The first-order chi connectivity index (χ1) is 10.8. The van der Waals surface area contributed by atoms with E-state index in [1.807, 2.05) is 0 Å². The van der Waals surface area contributed by atoms with Gasteiger partial charge in [-0.05, 0) is 32.9 Å². The van der Waals surface area contributed by atoms with Crippen LogP contribution < -0.4 is 5.30 Å². The lowest BCUT2D eigenvalue weighted by Gasteiger charge is -2.32. The molecule has 2 rings (SSSR count). The van der Waals surface area contributed by atoms with Crippen LogP contribution in [0.3, 0.4) is 0 Å². The maximum absolute atomic E-state index is 2.46. The van der Waals surface area contributed by atoms with E-state index in [1.54, 1.807) is 0 Å². The van der Waals surface area contributed by atoms with Gasteiger partial charge < -0.3 is 0 Å². The highest BCUT2D eigenvalue weighted by Crippen LogP contribution is 2.35. The van der Waals surface area contributed by atoms with Gasteiger partial charge in [0.05, 0.1) is 0 Å². The molecule has 0 N–H and O–H groups in total. The van der Waals surface area contributed by atoms with E-state index in [4.69, 9.17) is 0 Å². The van der Waals surface area contributed by atoms with Crippen molar-refractivity contribution in [2.24, 2.45) is 0 Å². The lowest BCUT2D eigenvalue weighted by molar-refractivity contribution is 0.554. The smallest absolute Gasteiger partial charge is 0.00984 e. The Hall–Kier alpha value is -1.13. The van der Waals surface area contributed by atoms with Crippen LogP contribution in [0.5, 0.6) is 0 Å². The van der Waals surface area contributed by atoms with Crippen molar-refractivity contribution in [1.82, 2.24) is 0 Å². The van der Waals surface area contributed by atoms with Crippen molar-refractivity contribution in [3.05, 3.63) is 53.1 Å². The monoisotopic (exact) mass is 340 g/mol. The second-order valence-corrected chi connectivity index (χ2v) is 11.1. The summed E-state index contributed by atoms with van der Waals surface area (Å²) in [6.45, 7) is 21.0. The summed E-state index contributed by atoms with van der Waals surface area (Å²) in [6.07, 6.45) is 8.75. The molecule has 0 aliphatic heterocycles. The van der Waals surface area contributed by atoms with E-state index in [9.17, 15) is 0 Å². The molecule has 24 heavy (non-hydrogen) atoms. The van der Waals surface area contributed by atoms with E-state index in [-0.39, 0.29) is 16.2 Å². The summed E-state index contributed by atoms with van der Waals surface area (Å²) in [5, 5.41) is 2.88. The van der Waals surface area contributed by atoms with Gasteiger partial charge in [0.2, 0.25) is 0 Å². The third-order valence-electron chi connectivity index (χ3n) is 4.48. The van der Waals surface area contributed by atoms with Gasteiger partial charge in [0.15, 0.2) is 0 Å². The van der Waals surface area contributed by atoms with Crippen molar-refractivity contribution in [2.45, 2.75) is 78.6 Å². The van der Waals surface area contributed by atoms with Crippen LogP contribution in [0.2, 0.25) is 0 Å². The molecular formula is C23H33P. The van der Waals surface area contributed by atoms with Crippen LogP contribution in [-0.4, -0.2) is 5.29 Å². The molecule has 0 heterocycles. The van der Waals surface area contributed by atoms with Gasteiger partial charge in [0.25, 0.3) is 0 Å². The molecule has 1 heteroatoms. The number of hydrogen-bond acceptors (Lipinski definition) is 0. The number of hydrogen-bond donors (Lipinski definition) is 0. The van der Waals surface area contributed by atoms with E-state index in [2.05, 4.69) is 98.8 Å². The van der Waals surface area contributed by atoms with E-state index in [0.29, 0.717) is 0 Å². The van der Waals surface area contributed by atoms with Gasteiger partial charge in [0.1, 0.15) is 0 Å². The van der Waals surface area contributed by atoms with Gasteiger partial charge in [-0.2, -0.15) is 0 Å². The maximum atomic E-state index is 2.46. The molecule has 0 amide bonds. The Morgan fingerprint density at radius 1 is 0.625 bits per heavy atom. The van der Waals surface area contributed by atoms with E-state index in [1.165, 1.54) is 35.5 Å². The summed E-state index contributed by atoms with van der Waals surface area (Å²) in [7, 11) is 1.32. The Kier molecular flexibility index (Phi) is 5.04. The van der Waals surface area contributed by atoms with Crippen LogP contribution in [0, 0.1) is 0 Å². The zero-order valence-electron chi connectivity index (χ0n) is 16.9. The molecule has 0 fully saturated rings. The van der Waals surface area contributed by atoms with Crippen molar-refractivity contribution in [1.29, 1.82) is 0 Å². The normalized spacial score (nSPS) is 15.6. The van der Waals surface area contributed by atoms with Gasteiger partial charge >= 0.3 is 0 Å². The second-order valence-electron chi connectivity index (χ2n) is 9.92. The van der Waals surface area contributed by atoms with Crippen molar-refractivity contribution < 1.29 is 0 Å². The first-order valence-corrected chi connectivity index (χ1v) is 9.82. The highest BCUT2D eigenvalue weighted by atomic mass is 31.1. The first-order valence-electron chi connectivity index (χ1n) is 8.93. The topological polar surface area (TPSA) is 0 Å².